The van der Waals surface area contributed by atoms with E-state index in [1.165, 1.54) is 27.5 Å². The van der Waals surface area contributed by atoms with E-state index in [-0.39, 0.29) is 0 Å². The Labute approximate surface area is 118 Å². The molecule has 2 aromatic heterocycles. The second-order valence-corrected chi connectivity index (χ2v) is 6.69. The maximum atomic E-state index is 3.70. The first kappa shape index (κ1) is 13.8. The Morgan fingerprint density at radius 1 is 1.17 bits per heavy atom. The maximum Gasteiger partial charge on any atom is 0.0417 e. The fourth-order valence-corrected chi connectivity index (χ4v) is 3.80. The fraction of sp³-hybridized carbons (Fsp3) is 0.467. The lowest BCUT2D eigenvalue weighted by Gasteiger charge is -2.16. The molecular weight excluding hydrogens is 258 g/mol. The largest absolute Gasteiger partial charge is 0.304 e. The standard InChI is InChI=1S/C15H21NS2/c1-3-6-14(15-7-5-10-17-15)16-11-13-9-8-12(4-2)18-13/h5,7-10,14,16H,3-4,6,11H2,1-2H3. The van der Waals surface area contributed by atoms with Gasteiger partial charge in [-0.2, -0.15) is 0 Å². The van der Waals surface area contributed by atoms with Crippen LogP contribution in [0.4, 0.5) is 0 Å². The highest BCUT2D eigenvalue weighted by molar-refractivity contribution is 7.12. The van der Waals surface area contributed by atoms with Gasteiger partial charge < -0.3 is 5.32 Å². The van der Waals surface area contributed by atoms with Gasteiger partial charge in [0.2, 0.25) is 0 Å². The zero-order chi connectivity index (χ0) is 12.8. The molecule has 3 heteroatoms. The van der Waals surface area contributed by atoms with E-state index in [0.29, 0.717) is 6.04 Å². The minimum absolute atomic E-state index is 0.516. The summed E-state index contributed by atoms with van der Waals surface area (Å²) in [6.45, 7) is 5.46. The van der Waals surface area contributed by atoms with E-state index >= 15 is 0 Å². The van der Waals surface area contributed by atoms with Gasteiger partial charge in [0.25, 0.3) is 0 Å². The lowest BCUT2D eigenvalue weighted by Crippen LogP contribution is -2.19. The molecule has 2 aromatic rings. The topological polar surface area (TPSA) is 12.0 Å². The smallest absolute Gasteiger partial charge is 0.0417 e. The molecule has 1 N–H and O–H groups in total. The van der Waals surface area contributed by atoms with Crippen molar-refractivity contribution in [2.75, 3.05) is 0 Å². The highest BCUT2D eigenvalue weighted by Gasteiger charge is 2.11. The molecule has 1 nitrogen and oxygen atoms in total. The van der Waals surface area contributed by atoms with Gasteiger partial charge in [-0.25, -0.2) is 0 Å². The molecular formula is C15H21NS2. The fourth-order valence-electron chi connectivity index (χ4n) is 2.05. The SMILES string of the molecule is CCCC(NCc1ccc(CC)s1)c1cccs1. The molecule has 1 atom stereocenters. The molecule has 2 rings (SSSR count). The zero-order valence-electron chi connectivity index (χ0n) is 11.1. The van der Waals surface area contributed by atoms with Gasteiger partial charge in [-0.15, -0.1) is 22.7 Å². The van der Waals surface area contributed by atoms with Crippen LogP contribution in [-0.2, 0) is 13.0 Å². The molecule has 18 heavy (non-hydrogen) atoms. The van der Waals surface area contributed by atoms with Gasteiger partial charge in [-0.05, 0) is 36.4 Å². The van der Waals surface area contributed by atoms with Crippen molar-refractivity contribution in [1.29, 1.82) is 0 Å². The number of hydrogen-bond acceptors (Lipinski definition) is 3. The van der Waals surface area contributed by atoms with Crippen molar-refractivity contribution in [3.63, 3.8) is 0 Å². The quantitative estimate of drug-likeness (QED) is 0.752. The number of aryl methyl sites for hydroxylation is 1. The van der Waals surface area contributed by atoms with Gasteiger partial charge in [-0.3, -0.25) is 0 Å². The third-order valence-electron chi connectivity index (χ3n) is 3.05. The van der Waals surface area contributed by atoms with Crippen molar-refractivity contribution in [1.82, 2.24) is 5.32 Å². The summed E-state index contributed by atoms with van der Waals surface area (Å²) in [6, 6.07) is 9.41. The summed E-state index contributed by atoms with van der Waals surface area (Å²) in [7, 11) is 0. The van der Waals surface area contributed by atoms with Crippen LogP contribution >= 0.6 is 22.7 Å². The molecule has 2 heterocycles. The molecule has 0 aliphatic heterocycles. The van der Waals surface area contributed by atoms with Crippen molar-refractivity contribution in [2.24, 2.45) is 0 Å². The average Bonchev–Trinajstić information content (AvgIpc) is 3.05. The summed E-state index contributed by atoms with van der Waals surface area (Å²) >= 11 is 3.79. The second kappa shape index (κ2) is 7.07. The van der Waals surface area contributed by atoms with E-state index in [1.807, 2.05) is 22.7 Å². The van der Waals surface area contributed by atoms with Gasteiger partial charge in [0.05, 0.1) is 0 Å². The van der Waals surface area contributed by atoms with E-state index in [1.54, 1.807) is 0 Å². The third kappa shape index (κ3) is 3.67. The Morgan fingerprint density at radius 3 is 2.61 bits per heavy atom. The van der Waals surface area contributed by atoms with E-state index in [4.69, 9.17) is 0 Å². The van der Waals surface area contributed by atoms with Crippen LogP contribution in [0.5, 0.6) is 0 Å². The summed E-state index contributed by atoms with van der Waals surface area (Å²) in [5, 5.41) is 5.86. The van der Waals surface area contributed by atoms with Crippen LogP contribution in [-0.4, -0.2) is 0 Å². The Bertz CT molecular complexity index is 445. The van der Waals surface area contributed by atoms with Gasteiger partial charge in [0.15, 0.2) is 0 Å². The molecule has 0 saturated carbocycles. The summed E-state index contributed by atoms with van der Waals surface area (Å²) in [6.07, 6.45) is 3.58. The van der Waals surface area contributed by atoms with Crippen LogP contribution in [0.3, 0.4) is 0 Å². The molecule has 0 fully saturated rings. The first-order valence-corrected chi connectivity index (χ1v) is 8.37. The number of rotatable bonds is 7. The van der Waals surface area contributed by atoms with E-state index < -0.39 is 0 Å². The van der Waals surface area contributed by atoms with Crippen LogP contribution < -0.4 is 5.32 Å². The summed E-state index contributed by atoms with van der Waals surface area (Å²) < 4.78 is 0. The van der Waals surface area contributed by atoms with Crippen LogP contribution in [0.2, 0.25) is 0 Å². The Morgan fingerprint density at radius 2 is 2.00 bits per heavy atom. The Hall–Kier alpha value is -0.640. The van der Waals surface area contributed by atoms with Gasteiger partial charge in [0, 0.05) is 27.2 Å². The molecule has 0 saturated heterocycles. The van der Waals surface area contributed by atoms with Gasteiger partial charge >= 0.3 is 0 Å². The van der Waals surface area contributed by atoms with Crippen LogP contribution in [0.1, 0.15) is 47.4 Å². The molecule has 0 aromatic carbocycles. The van der Waals surface area contributed by atoms with Gasteiger partial charge in [-0.1, -0.05) is 26.3 Å². The normalized spacial score (nSPS) is 12.8. The first-order chi connectivity index (χ1) is 8.83. The molecule has 0 aliphatic rings. The molecule has 0 amide bonds. The monoisotopic (exact) mass is 279 g/mol. The minimum Gasteiger partial charge on any atom is -0.304 e. The highest BCUT2D eigenvalue weighted by Crippen LogP contribution is 2.24. The molecule has 98 valence electrons. The average molecular weight is 279 g/mol. The number of thiophene rings is 2. The molecule has 0 spiro atoms. The van der Waals surface area contributed by atoms with E-state index in [0.717, 1.165) is 13.0 Å². The zero-order valence-corrected chi connectivity index (χ0v) is 12.7. The van der Waals surface area contributed by atoms with Gasteiger partial charge in [0.1, 0.15) is 0 Å². The van der Waals surface area contributed by atoms with E-state index in [2.05, 4.69) is 48.8 Å². The lowest BCUT2D eigenvalue weighted by atomic mass is 10.1. The van der Waals surface area contributed by atoms with Crippen molar-refractivity contribution < 1.29 is 0 Å². The number of nitrogens with one attached hydrogen (secondary N) is 1. The molecule has 0 aliphatic carbocycles. The van der Waals surface area contributed by atoms with Crippen LogP contribution in [0.15, 0.2) is 29.6 Å². The van der Waals surface area contributed by atoms with Crippen LogP contribution in [0, 0.1) is 0 Å². The van der Waals surface area contributed by atoms with E-state index in [9.17, 15) is 0 Å². The predicted octanol–water partition coefficient (Wildman–Crippen LogP) is 5.00. The number of hydrogen-bond donors (Lipinski definition) is 1. The maximum absolute atomic E-state index is 3.70. The molecule has 1 unspecified atom stereocenters. The minimum atomic E-state index is 0.516. The molecule has 0 bridgehead atoms. The highest BCUT2D eigenvalue weighted by atomic mass is 32.1. The van der Waals surface area contributed by atoms with Crippen molar-refractivity contribution in [3.8, 4) is 0 Å². The molecule has 0 radical (unpaired) electrons. The van der Waals surface area contributed by atoms with Crippen molar-refractivity contribution in [3.05, 3.63) is 44.3 Å². The van der Waals surface area contributed by atoms with Crippen LogP contribution in [0.25, 0.3) is 0 Å². The summed E-state index contributed by atoms with van der Waals surface area (Å²) in [5.41, 5.74) is 0. The summed E-state index contributed by atoms with van der Waals surface area (Å²) in [4.78, 5) is 4.39. The van der Waals surface area contributed by atoms with Crippen molar-refractivity contribution >= 4 is 22.7 Å². The lowest BCUT2D eigenvalue weighted by molar-refractivity contribution is 0.503. The Balaban J connectivity index is 1.93. The predicted molar refractivity (Wildman–Crippen MR) is 82.5 cm³/mol. The second-order valence-electron chi connectivity index (χ2n) is 4.46. The third-order valence-corrected chi connectivity index (χ3v) is 5.27. The van der Waals surface area contributed by atoms with Crippen molar-refractivity contribution in [2.45, 2.75) is 45.7 Å². The summed E-state index contributed by atoms with van der Waals surface area (Å²) in [5.74, 6) is 0. The Kier molecular flexibility index (Phi) is 5.42. The first-order valence-electron chi connectivity index (χ1n) is 6.67.